The van der Waals surface area contributed by atoms with Gasteiger partial charge in [0.05, 0.1) is 6.61 Å². The van der Waals surface area contributed by atoms with Gasteiger partial charge in [0.1, 0.15) is 0 Å². The van der Waals surface area contributed by atoms with Gasteiger partial charge < -0.3 is 4.74 Å². The Morgan fingerprint density at radius 3 is 2.55 bits per heavy atom. The van der Waals surface area contributed by atoms with E-state index in [1.807, 2.05) is 0 Å². The first-order chi connectivity index (χ1) is 9.22. The van der Waals surface area contributed by atoms with Gasteiger partial charge in [-0.05, 0) is 59.2 Å². The lowest BCUT2D eigenvalue weighted by molar-refractivity contribution is -0.145. The van der Waals surface area contributed by atoms with E-state index in [9.17, 15) is 4.79 Å². The minimum atomic E-state index is -0.111. The van der Waals surface area contributed by atoms with Gasteiger partial charge >= 0.3 is 5.97 Å². The maximum atomic E-state index is 11.3. The minimum absolute atomic E-state index is 0.111. The van der Waals surface area contributed by atoms with Crippen molar-refractivity contribution < 1.29 is 9.53 Å². The van der Waals surface area contributed by atoms with Crippen molar-refractivity contribution in [3.05, 3.63) is 0 Å². The first-order valence-corrected chi connectivity index (χ1v) is 8.35. The van der Waals surface area contributed by atoms with Crippen LogP contribution in [0.3, 0.4) is 0 Å². The summed E-state index contributed by atoms with van der Waals surface area (Å²) in [5.74, 6) is 2.31. The van der Waals surface area contributed by atoms with Crippen molar-refractivity contribution in [2.75, 3.05) is 6.61 Å². The molecule has 0 saturated heterocycles. The second kappa shape index (κ2) is 3.28. The summed E-state index contributed by atoms with van der Waals surface area (Å²) in [5, 5.41) is 0. The van der Waals surface area contributed by atoms with Crippen LogP contribution in [0.1, 0.15) is 60.3 Å². The van der Waals surface area contributed by atoms with Crippen molar-refractivity contribution in [1.82, 2.24) is 0 Å². The highest BCUT2D eigenvalue weighted by molar-refractivity contribution is 5.66. The van der Waals surface area contributed by atoms with E-state index in [4.69, 9.17) is 4.74 Å². The SMILES string of the molecule is CC(=O)OC[C@H]1CCC(C)(C)[C@]23C[C@@H]4C[C@@H]2[C@@]13C4(C)C. The predicted octanol–water partition coefficient (Wildman–Crippen LogP) is 4.04. The molecular formula is C18H28O2. The number of esters is 1. The Balaban J connectivity index is 1.75. The molecule has 0 aromatic rings. The van der Waals surface area contributed by atoms with Crippen LogP contribution >= 0.6 is 0 Å². The zero-order chi connectivity index (χ0) is 14.6. The zero-order valence-electron chi connectivity index (χ0n) is 13.6. The average Bonchev–Trinajstić information content (AvgIpc) is 2.60. The lowest BCUT2D eigenvalue weighted by atomic mass is 9.57. The highest BCUT2D eigenvalue weighted by Crippen LogP contribution is 3.00. The van der Waals surface area contributed by atoms with Gasteiger partial charge in [-0.1, -0.05) is 27.7 Å². The van der Waals surface area contributed by atoms with Gasteiger partial charge in [-0.25, -0.2) is 0 Å². The van der Waals surface area contributed by atoms with Crippen molar-refractivity contribution in [3.8, 4) is 0 Å². The number of hydrogen-bond acceptors (Lipinski definition) is 2. The second-order valence-electron chi connectivity index (χ2n) is 9.17. The van der Waals surface area contributed by atoms with Crippen molar-refractivity contribution >= 4 is 5.97 Å². The third kappa shape index (κ3) is 1.01. The highest BCUT2D eigenvalue weighted by atomic mass is 16.5. The smallest absolute Gasteiger partial charge is 0.302 e. The van der Waals surface area contributed by atoms with Gasteiger partial charge in [-0.2, -0.15) is 0 Å². The third-order valence-corrected chi connectivity index (χ3v) is 8.43. The molecule has 0 N–H and O–H groups in total. The maximum absolute atomic E-state index is 11.3. The van der Waals surface area contributed by atoms with Gasteiger partial charge in [0, 0.05) is 12.8 Å². The fraction of sp³-hybridized carbons (Fsp3) is 0.944. The van der Waals surface area contributed by atoms with Crippen LogP contribution in [0.5, 0.6) is 0 Å². The van der Waals surface area contributed by atoms with Crippen LogP contribution in [0.25, 0.3) is 0 Å². The van der Waals surface area contributed by atoms with Gasteiger partial charge in [0.15, 0.2) is 0 Å². The molecule has 5 fully saturated rings. The quantitative estimate of drug-likeness (QED) is 0.712. The number of rotatable bonds is 2. The molecule has 0 heterocycles. The van der Waals surface area contributed by atoms with Gasteiger partial charge in [0.25, 0.3) is 0 Å². The monoisotopic (exact) mass is 276 g/mol. The fourth-order valence-corrected chi connectivity index (χ4v) is 7.91. The summed E-state index contributed by atoms with van der Waals surface area (Å²) < 4.78 is 5.47. The molecule has 0 aromatic carbocycles. The molecule has 2 heteroatoms. The van der Waals surface area contributed by atoms with Crippen LogP contribution in [0.4, 0.5) is 0 Å². The first-order valence-electron chi connectivity index (χ1n) is 8.35. The van der Waals surface area contributed by atoms with E-state index in [1.54, 1.807) is 6.92 Å². The summed E-state index contributed by atoms with van der Waals surface area (Å²) in [6, 6.07) is 0. The van der Waals surface area contributed by atoms with Crippen LogP contribution in [0.2, 0.25) is 0 Å². The normalized spacial score (nSPS) is 52.5. The minimum Gasteiger partial charge on any atom is -0.466 e. The molecule has 0 amide bonds. The van der Waals surface area contributed by atoms with Crippen LogP contribution < -0.4 is 0 Å². The molecule has 20 heavy (non-hydrogen) atoms. The van der Waals surface area contributed by atoms with Crippen LogP contribution in [0, 0.1) is 39.4 Å². The molecule has 4 bridgehead atoms. The molecule has 2 spiro atoms. The Kier molecular flexibility index (Phi) is 2.16. The van der Waals surface area contributed by atoms with Crippen molar-refractivity contribution in [2.45, 2.75) is 60.3 Å². The largest absolute Gasteiger partial charge is 0.466 e. The van der Waals surface area contributed by atoms with Gasteiger partial charge in [0.2, 0.25) is 0 Å². The van der Waals surface area contributed by atoms with Crippen molar-refractivity contribution in [2.24, 2.45) is 39.4 Å². The molecule has 0 radical (unpaired) electrons. The molecule has 0 unspecified atom stereocenters. The second-order valence-corrected chi connectivity index (χ2v) is 9.17. The molecule has 5 saturated carbocycles. The first kappa shape index (κ1) is 13.2. The molecular weight excluding hydrogens is 248 g/mol. The van der Waals surface area contributed by atoms with Gasteiger partial charge in [-0.3, -0.25) is 4.79 Å². The Morgan fingerprint density at radius 2 is 1.95 bits per heavy atom. The Hall–Kier alpha value is -0.530. The lowest BCUT2D eigenvalue weighted by Crippen LogP contribution is -2.43. The Labute approximate surface area is 122 Å². The van der Waals surface area contributed by atoms with E-state index < -0.39 is 0 Å². The molecule has 5 aliphatic rings. The van der Waals surface area contributed by atoms with E-state index in [0.29, 0.717) is 34.2 Å². The molecule has 0 aromatic heterocycles. The number of hydrogen-bond donors (Lipinski definition) is 0. The molecule has 5 aliphatic carbocycles. The standard InChI is InChI=1S/C18H28O2/c1-11(19)20-10-12-6-7-15(2,3)17-9-13-8-14(17)18(12,17)16(13,4)5/h12-14H,6-10H2,1-5H3/t12-,13+,14+,17+,18-/m1/s1. The number of ether oxygens (including phenoxy) is 1. The highest BCUT2D eigenvalue weighted by Gasteiger charge is 2.95. The topological polar surface area (TPSA) is 26.3 Å². The van der Waals surface area contributed by atoms with Crippen molar-refractivity contribution in [3.63, 3.8) is 0 Å². The predicted molar refractivity (Wildman–Crippen MR) is 78.0 cm³/mol. The summed E-state index contributed by atoms with van der Waals surface area (Å²) in [6.45, 7) is 12.2. The molecule has 112 valence electrons. The zero-order valence-corrected chi connectivity index (χ0v) is 13.6. The summed E-state index contributed by atoms with van der Waals surface area (Å²) >= 11 is 0. The average molecular weight is 276 g/mol. The number of carbonyl (C=O) groups is 1. The number of carbonyl (C=O) groups excluding carboxylic acids is 1. The lowest BCUT2D eigenvalue weighted by Gasteiger charge is -2.48. The van der Waals surface area contributed by atoms with Crippen LogP contribution in [0.15, 0.2) is 0 Å². The third-order valence-electron chi connectivity index (χ3n) is 8.43. The van der Waals surface area contributed by atoms with Crippen LogP contribution in [-0.4, -0.2) is 12.6 Å². The van der Waals surface area contributed by atoms with E-state index >= 15 is 0 Å². The maximum Gasteiger partial charge on any atom is 0.302 e. The summed E-state index contributed by atoms with van der Waals surface area (Å²) in [5.41, 5.74) is 1.96. The van der Waals surface area contributed by atoms with Gasteiger partial charge in [-0.15, -0.1) is 0 Å². The summed E-state index contributed by atoms with van der Waals surface area (Å²) in [4.78, 5) is 11.3. The Bertz CT molecular complexity index is 492. The molecule has 0 aliphatic heterocycles. The molecule has 5 rings (SSSR count). The summed E-state index contributed by atoms with van der Waals surface area (Å²) in [6.07, 6.45) is 5.43. The molecule has 2 nitrogen and oxygen atoms in total. The Morgan fingerprint density at radius 1 is 1.25 bits per heavy atom. The van der Waals surface area contributed by atoms with E-state index in [0.717, 1.165) is 11.8 Å². The molecule has 5 atom stereocenters. The van der Waals surface area contributed by atoms with E-state index in [-0.39, 0.29) is 5.97 Å². The van der Waals surface area contributed by atoms with Crippen LogP contribution in [-0.2, 0) is 9.53 Å². The summed E-state index contributed by atoms with van der Waals surface area (Å²) in [7, 11) is 0. The van der Waals surface area contributed by atoms with E-state index in [2.05, 4.69) is 27.7 Å². The van der Waals surface area contributed by atoms with Crippen molar-refractivity contribution in [1.29, 1.82) is 0 Å². The fourth-order valence-electron chi connectivity index (χ4n) is 7.91. The van der Waals surface area contributed by atoms with E-state index in [1.165, 1.54) is 25.7 Å².